The summed E-state index contributed by atoms with van der Waals surface area (Å²) in [5.74, 6) is -0.442. The van der Waals surface area contributed by atoms with Crippen LogP contribution < -0.4 is 0 Å². The summed E-state index contributed by atoms with van der Waals surface area (Å²) >= 11 is 0. The maximum atomic E-state index is 13.0. The second kappa shape index (κ2) is 44.9. The van der Waals surface area contributed by atoms with Crippen molar-refractivity contribution in [2.24, 2.45) is 0 Å². The Bertz CT molecular complexity index is 1620. The summed E-state index contributed by atoms with van der Waals surface area (Å²) in [7, 11) is 0. The fraction of sp³-hybridized carbons (Fsp3) is 0.678. The molecule has 0 aliphatic carbocycles. The number of carbonyl (C=O) groups is 1. The Balaban J connectivity index is 1.78. The Morgan fingerprint density at radius 2 is 0.890 bits per heavy atom. The SMILES string of the molecule is CC/C=C\C/C=C\C/C=C\C/C=C\C/C=C\C/C=C\C/C=C\CCCC(=O)OC(COCCCCCCCC/C=C\C/C=C\CCCCC)COC1OC(COC2OC(CO)C(O)C(O)C2O)C(O)C(O)C1O. The summed E-state index contributed by atoms with van der Waals surface area (Å²) in [5, 5.41) is 72.2. The summed E-state index contributed by atoms with van der Waals surface area (Å²) < 4.78 is 34.2. The standard InChI is InChI=1S/C59H96O14/c1-3-5-7-9-11-13-15-17-19-21-22-23-24-25-26-27-28-30-32-34-36-38-40-42-51(61)71-48(45-68-43-41-39-37-35-33-31-29-20-18-16-14-12-10-8-6-4-2)46-69-58-57(67)55(65)53(63)50(73-58)47-70-59-56(66)54(64)52(62)49(44-60)72-59/h5,7,11-14,17-20,22-23,25-26,28,30,34,36,48-50,52-60,62-67H,3-4,6,8-10,15-16,21,24,27,29,31-33,35,37-47H2,1-2H3/b7-5-,13-11-,14-12-,19-17-,20-18-,23-22-,26-25-,30-28-,36-34-. The maximum absolute atomic E-state index is 13.0. The molecule has 2 heterocycles. The molecule has 11 unspecified atom stereocenters. The van der Waals surface area contributed by atoms with Gasteiger partial charge in [-0.1, -0.05) is 162 Å². The highest BCUT2D eigenvalue weighted by Crippen LogP contribution is 2.26. The minimum atomic E-state index is -1.73. The summed E-state index contributed by atoms with van der Waals surface area (Å²) in [6.45, 7) is 3.42. The van der Waals surface area contributed by atoms with Crippen LogP contribution in [0.2, 0.25) is 0 Å². The smallest absolute Gasteiger partial charge is 0.306 e. The van der Waals surface area contributed by atoms with E-state index >= 15 is 0 Å². The molecule has 14 nitrogen and oxygen atoms in total. The molecule has 0 aromatic heterocycles. The maximum Gasteiger partial charge on any atom is 0.306 e. The molecule has 2 fully saturated rings. The van der Waals surface area contributed by atoms with Crippen molar-refractivity contribution in [1.82, 2.24) is 0 Å². The Hall–Kier alpha value is -3.35. The van der Waals surface area contributed by atoms with E-state index in [9.17, 15) is 40.5 Å². The molecule has 0 saturated carbocycles. The van der Waals surface area contributed by atoms with Crippen LogP contribution in [0.5, 0.6) is 0 Å². The van der Waals surface area contributed by atoms with Gasteiger partial charge in [-0.15, -0.1) is 0 Å². The first-order chi connectivity index (χ1) is 35.6. The van der Waals surface area contributed by atoms with Crippen LogP contribution in [0.4, 0.5) is 0 Å². The quantitative estimate of drug-likeness (QED) is 0.0173. The molecule has 2 aliphatic heterocycles. The van der Waals surface area contributed by atoms with Crippen LogP contribution in [0, 0.1) is 0 Å². The molecule has 2 saturated heterocycles. The zero-order chi connectivity index (χ0) is 53.0. The predicted molar refractivity (Wildman–Crippen MR) is 288 cm³/mol. The molecule has 0 bridgehead atoms. The van der Waals surface area contributed by atoms with E-state index in [0.29, 0.717) is 19.4 Å². The van der Waals surface area contributed by atoms with Gasteiger partial charge in [-0.3, -0.25) is 4.79 Å². The van der Waals surface area contributed by atoms with Crippen LogP contribution in [0.15, 0.2) is 109 Å². The number of hydrogen-bond donors (Lipinski definition) is 7. The number of carbonyl (C=O) groups excluding carboxylic acids is 1. The van der Waals surface area contributed by atoms with E-state index in [1.54, 1.807) is 0 Å². The predicted octanol–water partition coefficient (Wildman–Crippen LogP) is 9.18. The number of esters is 1. The molecule has 11 atom stereocenters. The monoisotopic (exact) mass is 1030 g/mol. The van der Waals surface area contributed by atoms with Gasteiger partial charge < -0.3 is 64.2 Å². The molecule has 2 aliphatic rings. The van der Waals surface area contributed by atoms with Crippen LogP contribution >= 0.6 is 0 Å². The third-order valence-corrected chi connectivity index (χ3v) is 12.3. The van der Waals surface area contributed by atoms with Crippen LogP contribution in [0.3, 0.4) is 0 Å². The van der Waals surface area contributed by atoms with E-state index in [0.717, 1.165) is 83.5 Å². The van der Waals surface area contributed by atoms with Crippen LogP contribution in [0.1, 0.15) is 155 Å². The normalized spacial score (nSPS) is 25.8. The van der Waals surface area contributed by atoms with Crippen LogP contribution in [-0.2, 0) is 33.2 Å². The van der Waals surface area contributed by atoms with Gasteiger partial charge in [0.1, 0.15) is 54.9 Å². The first kappa shape index (κ1) is 65.8. The van der Waals surface area contributed by atoms with Crippen molar-refractivity contribution in [3.05, 3.63) is 109 Å². The van der Waals surface area contributed by atoms with Gasteiger partial charge in [0.05, 0.1) is 26.4 Å². The third kappa shape index (κ3) is 32.0. The summed E-state index contributed by atoms with van der Waals surface area (Å²) in [4.78, 5) is 13.0. The lowest BCUT2D eigenvalue weighted by Gasteiger charge is -2.42. The number of unbranched alkanes of at least 4 members (excludes halogenated alkanes) is 10. The van der Waals surface area contributed by atoms with E-state index < -0.39 is 86.7 Å². The molecular weight excluding hydrogens is 933 g/mol. The van der Waals surface area contributed by atoms with Crippen molar-refractivity contribution in [2.45, 2.75) is 223 Å². The van der Waals surface area contributed by atoms with Crippen LogP contribution in [-0.4, -0.2) is 142 Å². The molecule has 14 heteroatoms. The average Bonchev–Trinajstić information content (AvgIpc) is 3.39. The second-order valence-corrected chi connectivity index (χ2v) is 18.7. The second-order valence-electron chi connectivity index (χ2n) is 18.7. The van der Waals surface area contributed by atoms with E-state index in [1.807, 2.05) is 6.08 Å². The van der Waals surface area contributed by atoms with Gasteiger partial charge >= 0.3 is 5.97 Å². The molecule has 416 valence electrons. The lowest BCUT2D eigenvalue weighted by molar-refractivity contribution is -0.332. The fourth-order valence-electron chi connectivity index (χ4n) is 7.83. The molecule has 0 spiro atoms. The van der Waals surface area contributed by atoms with Crippen molar-refractivity contribution in [3.63, 3.8) is 0 Å². The van der Waals surface area contributed by atoms with Gasteiger partial charge in [0.2, 0.25) is 0 Å². The topological polar surface area (TPSA) is 214 Å². The van der Waals surface area contributed by atoms with E-state index in [2.05, 4.69) is 117 Å². The van der Waals surface area contributed by atoms with Gasteiger partial charge in [-0.25, -0.2) is 0 Å². The lowest BCUT2D eigenvalue weighted by Crippen LogP contribution is -2.61. The van der Waals surface area contributed by atoms with Gasteiger partial charge in [0.25, 0.3) is 0 Å². The lowest BCUT2D eigenvalue weighted by atomic mass is 9.98. The average molecular weight is 1030 g/mol. The van der Waals surface area contributed by atoms with E-state index in [-0.39, 0.29) is 19.6 Å². The van der Waals surface area contributed by atoms with Crippen LogP contribution in [0.25, 0.3) is 0 Å². The molecule has 0 radical (unpaired) electrons. The number of aliphatic hydroxyl groups is 7. The number of rotatable bonds is 42. The number of allylic oxidation sites excluding steroid dienone is 18. The van der Waals surface area contributed by atoms with Gasteiger partial charge in [-0.05, 0) is 96.3 Å². The van der Waals surface area contributed by atoms with Crippen molar-refractivity contribution >= 4 is 5.97 Å². The van der Waals surface area contributed by atoms with E-state index in [1.165, 1.54) is 38.5 Å². The minimum Gasteiger partial charge on any atom is -0.457 e. The Kier molecular flexibility index (Phi) is 40.4. The third-order valence-electron chi connectivity index (χ3n) is 12.3. The Morgan fingerprint density at radius 1 is 0.466 bits per heavy atom. The largest absolute Gasteiger partial charge is 0.457 e. The highest BCUT2D eigenvalue weighted by molar-refractivity contribution is 5.69. The van der Waals surface area contributed by atoms with Crippen molar-refractivity contribution in [2.75, 3.05) is 33.0 Å². The summed E-state index contributed by atoms with van der Waals surface area (Å²) in [6, 6.07) is 0. The van der Waals surface area contributed by atoms with Crippen molar-refractivity contribution in [3.8, 4) is 0 Å². The van der Waals surface area contributed by atoms with Gasteiger partial charge in [0.15, 0.2) is 12.6 Å². The minimum absolute atomic E-state index is 0.0233. The zero-order valence-corrected chi connectivity index (χ0v) is 44.3. The van der Waals surface area contributed by atoms with Gasteiger partial charge in [-0.2, -0.15) is 0 Å². The van der Waals surface area contributed by atoms with E-state index in [4.69, 9.17) is 28.4 Å². The number of hydrogen-bond acceptors (Lipinski definition) is 14. The molecule has 2 rings (SSSR count). The Morgan fingerprint density at radius 3 is 1.40 bits per heavy atom. The first-order valence-electron chi connectivity index (χ1n) is 27.5. The first-order valence-corrected chi connectivity index (χ1v) is 27.5. The number of ether oxygens (including phenoxy) is 6. The fourth-order valence-corrected chi connectivity index (χ4v) is 7.83. The zero-order valence-electron chi connectivity index (χ0n) is 44.3. The molecule has 7 N–H and O–H groups in total. The molecule has 0 amide bonds. The molecule has 73 heavy (non-hydrogen) atoms. The Labute approximate surface area is 438 Å². The van der Waals surface area contributed by atoms with Crippen molar-refractivity contribution in [1.29, 1.82) is 0 Å². The summed E-state index contributed by atoms with van der Waals surface area (Å²) in [6.07, 6.45) is 44.3. The highest BCUT2D eigenvalue weighted by atomic mass is 16.7. The molecular formula is C59H96O14. The van der Waals surface area contributed by atoms with Crippen molar-refractivity contribution < 1.29 is 69.0 Å². The highest BCUT2D eigenvalue weighted by Gasteiger charge is 2.47. The number of aliphatic hydroxyl groups excluding tert-OH is 7. The molecule has 0 aromatic rings. The molecule has 0 aromatic carbocycles. The summed E-state index contributed by atoms with van der Waals surface area (Å²) in [5.41, 5.74) is 0. The van der Waals surface area contributed by atoms with Gasteiger partial charge in [0, 0.05) is 13.0 Å².